The molecule has 1 aromatic rings. The normalized spacial score (nSPS) is 8.67. The van der Waals surface area contributed by atoms with Crippen LogP contribution in [0.4, 0.5) is 0 Å². The number of hydrogen-bond donors (Lipinski definition) is 0. The molecule has 0 saturated carbocycles. The van der Waals surface area contributed by atoms with Crippen LogP contribution in [0, 0.1) is 12.3 Å². The van der Waals surface area contributed by atoms with Crippen molar-refractivity contribution in [2.75, 3.05) is 7.11 Å². The number of methoxy groups -OCH3 is 1. The van der Waals surface area contributed by atoms with Gasteiger partial charge in [-0.2, -0.15) is 0 Å². The molecule has 4 heteroatoms. The van der Waals surface area contributed by atoms with Crippen molar-refractivity contribution in [1.82, 2.24) is 9.97 Å². The molecule has 0 atom stereocenters. The number of rotatable bonds is 1. The summed E-state index contributed by atoms with van der Waals surface area (Å²) in [5, 5.41) is 0. The number of carbonyl (C=O) groups is 1. The van der Waals surface area contributed by atoms with E-state index in [1.54, 1.807) is 0 Å². The summed E-state index contributed by atoms with van der Waals surface area (Å²) in [5.41, 5.74) is 0.270. The van der Waals surface area contributed by atoms with Crippen LogP contribution in [0.1, 0.15) is 16.2 Å². The number of terminal acetylenes is 1. The van der Waals surface area contributed by atoms with Crippen LogP contribution in [0.25, 0.3) is 0 Å². The third-order valence-corrected chi connectivity index (χ3v) is 1.21. The Morgan fingerprint density at radius 1 is 1.58 bits per heavy atom. The molecule has 0 aromatic carbocycles. The Labute approximate surface area is 69.6 Å². The maximum absolute atomic E-state index is 11.0. The predicted octanol–water partition coefficient (Wildman–Crippen LogP) is 0.244. The fourth-order valence-electron chi connectivity index (χ4n) is 0.690. The lowest BCUT2D eigenvalue weighted by Crippen LogP contribution is -2.07. The van der Waals surface area contributed by atoms with Gasteiger partial charge >= 0.3 is 5.97 Å². The van der Waals surface area contributed by atoms with Crippen molar-refractivity contribution in [1.29, 1.82) is 0 Å². The zero-order chi connectivity index (χ0) is 8.97. The Hall–Kier alpha value is -1.89. The highest BCUT2D eigenvalue weighted by molar-refractivity contribution is 5.89. The Morgan fingerprint density at radius 3 is 2.83 bits per heavy atom. The number of hydrogen-bond acceptors (Lipinski definition) is 4. The molecular weight excluding hydrogens is 156 g/mol. The minimum absolute atomic E-state index is 0.0718. The maximum atomic E-state index is 11.0. The summed E-state index contributed by atoms with van der Waals surface area (Å²) in [6.07, 6.45) is 7.88. The van der Waals surface area contributed by atoms with Crippen molar-refractivity contribution < 1.29 is 9.53 Å². The molecule has 60 valence electrons. The van der Waals surface area contributed by atoms with E-state index < -0.39 is 5.97 Å². The van der Waals surface area contributed by atoms with E-state index in [9.17, 15) is 4.79 Å². The monoisotopic (exact) mass is 162 g/mol. The molecule has 0 aliphatic rings. The summed E-state index contributed by atoms with van der Waals surface area (Å²) in [6.45, 7) is 0. The van der Waals surface area contributed by atoms with Crippen molar-refractivity contribution in [3.63, 3.8) is 0 Å². The average Bonchev–Trinajstić information content (AvgIpc) is 2.16. The van der Waals surface area contributed by atoms with Crippen molar-refractivity contribution in [3.8, 4) is 12.3 Å². The van der Waals surface area contributed by atoms with Crippen molar-refractivity contribution >= 4 is 5.97 Å². The van der Waals surface area contributed by atoms with Gasteiger partial charge in [0, 0.05) is 12.4 Å². The molecular formula is C8H6N2O2. The number of esters is 1. The SMILES string of the molecule is C#Cc1nccnc1C(=O)OC. The fourth-order valence-corrected chi connectivity index (χ4v) is 0.690. The van der Waals surface area contributed by atoms with Gasteiger partial charge in [0.15, 0.2) is 5.69 Å². The van der Waals surface area contributed by atoms with Gasteiger partial charge < -0.3 is 4.74 Å². The number of aromatic nitrogens is 2. The maximum Gasteiger partial charge on any atom is 0.359 e. The first-order chi connectivity index (χ1) is 5.79. The largest absolute Gasteiger partial charge is 0.464 e. The molecule has 0 saturated heterocycles. The Morgan fingerprint density at radius 2 is 2.25 bits per heavy atom. The molecule has 0 spiro atoms. The molecule has 1 aromatic heterocycles. The van der Waals surface area contributed by atoms with Crippen molar-refractivity contribution in [2.45, 2.75) is 0 Å². The minimum Gasteiger partial charge on any atom is -0.464 e. The smallest absolute Gasteiger partial charge is 0.359 e. The second-order valence-electron chi connectivity index (χ2n) is 1.89. The van der Waals surface area contributed by atoms with Crippen LogP contribution in [-0.2, 0) is 4.74 Å². The van der Waals surface area contributed by atoms with Crippen LogP contribution in [0.15, 0.2) is 12.4 Å². The molecule has 12 heavy (non-hydrogen) atoms. The molecule has 0 radical (unpaired) electrons. The van der Waals surface area contributed by atoms with Crippen LogP contribution >= 0.6 is 0 Å². The van der Waals surface area contributed by atoms with Gasteiger partial charge in [-0.15, -0.1) is 6.42 Å². The quantitative estimate of drug-likeness (QED) is 0.438. The predicted molar refractivity (Wildman–Crippen MR) is 41.3 cm³/mol. The highest BCUT2D eigenvalue weighted by Gasteiger charge is 2.11. The van der Waals surface area contributed by atoms with E-state index in [1.807, 2.05) is 0 Å². The van der Waals surface area contributed by atoms with Gasteiger partial charge in [0.2, 0.25) is 0 Å². The van der Waals surface area contributed by atoms with E-state index in [4.69, 9.17) is 6.42 Å². The summed E-state index contributed by atoms with van der Waals surface area (Å²) in [6, 6.07) is 0. The minimum atomic E-state index is -0.573. The number of nitrogens with zero attached hydrogens (tertiary/aromatic N) is 2. The molecule has 1 heterocycles. The van der Waals surface area contributed by atoms with E-state index >= 15 is 0 Å². The highest BCUT2D eigenvalue weighted by atomic mass is 16.5. The van der Waals surface area contributed by atoms with Gasteiger partial charge in [0.05, 0.1) is 7.11 Å². The van der Waals surface area contributed by atoms with Crippen LogP contribution in [-0.4, -0.2) is 23.0 Å². The standard InChI is InChI=1S/C8H6N2O2/c1-3-6-7(8(11)12-2)10-5-4-9-6/h1,4-5H,2H3. The zero-order valence-electron chi connectivity index (χ0n) is 6.44. The van der Waals surface area contributed by atoms with Gasteiger partial charge in [-0.1, -0.05) is 0 Å². The molecule has 1 rings (SSSR count). The first-order valence-electron chi connectivity index (χ1n) is 3.15. The molecule has 0 fully saturated rings. The third-order valence-electron chi connectivity index (χ3n) is 1.21. The first-order valence-corrected chi connectivity index (χ1v) is 3.15. The van der Waals surface area contributed by atoms with Crippen LogP contribution in [0.5, 0.6) is 0 Å². The summed E-state index contributed by atoms with van der Waals surface area (Å²) in [7, 11) is 1.26. The second kappa shape index (κ2) is 3.49. The highest BCUT2D eigenvalue weighted by Crippen LogP contribution is 2.00. The lowest BCUT2D eigenvalue weighted by atomic mass is 10.3. The van der Waals surface area contributed by atoms with Gasteiger partial charge in [0.1, 0.15) is 5.69 Å². The zero-order valence-corrected chi connectivity index (χ0v) is 6.44. The molecule has 0 aliphatic carbocycles. The summed E-state index contributed by atoms with van der Waals surface area (Å²) in [4.78, 5) is 18.5. The molecule has 0 unspecified atom stereocenters. The summed E-state index contributed by atoms with van der Waals surface area (Å²) < 4.78 is 4.44. The molecule has 0 amide bonds. The van der Waals surface area contributed by atoms with Gasteiger partial charge in [-0.25, -0.2) is 14.8 Å². The second-order valence-corrected chi connectivity index (χ2v) is 1.89. The first kappa shape index (κ1) is 8.21. The summed E-state index contributed by atoms with van der Waals surface area (Å²) in [5.74, 6) is 1.66. The van der Waals surface area contributed by atoms with Gasteiger partial charge in [0.25, 0.3) is 0 Å². The molecule has 0 N–H and O–H groups in total. The third kappa shape index (κ3) is 1.40. The summed E-state index contributed by atoms with van der Waals surface area (Å²) >= 11 is 0. The number of carbonyl (C=O) groups excluding carboxylic acids is 1. The number of ether oxygens (including phenoxy) is 1. The van der Waals surface area contributed by atoms with E-state index in [2.05, 4.69) is 20.6 Å². The molecule has 0 bridgehead atoms. The van der Waals surface area contributed by atoms with E-state index in [0.717, 1.165) is 0 Å². The fraction of sp³-hybridized carbons (Fsp3) is 0.125. The topological polar surface area (TPSA) is 52.1 Å². The Balaban J connectivity index is 3.16. The van der Waals surface area contributed by atoms with Crippen molar-refractivity contribution in [3.05, 3.63) is 23.8 Å². The van der Waals surface area contributed by atoms with E-state index in [-0.39, 0.29) is 11.4 Å². The van der Waals surface area contributed by atoms with Crippen LogP contribution in [0.2, 0.25) is 0 Å². The average molecular weight is 162 g/mol. The van der Waals surface area contributed by atoms with Crippen LogP contribution < -0.4 is 0 Å². The van der Waals surface area contributed by atoms with E-state index in [1.165, 1.54) is 19.5 Å². The van der Waals surface area contributed by atoms with Gasteiger partial charge in [-0.05, 0) is 5.92 Å². The Kier molecular flexibility index (Phi) is 2.38. The van der Waals surface area contributed by atoms with Crippen molar-refractivity contribution in [2.24, 2.45) is 0 Å². The van der Waals surface area contributed by atoms with E-state index in [0.29, 0.717) is 0 Å². The van der Waals surface area contributed by atoms with Crippen LogP contribution in [0.3, 0.4) is 0 Å². The lowest BCUT2D eigenvalue weighted by Gasteiger charge is -1.98. The van der Waals surface area contributed by atoms with Gasteiger partial charge in [-0.3, -0.25) is 0 Å². The lowest BCUT2D eigenvalue weighted by molar-refractivity contribution is 0.0593. The molecule has 4 nitrogen and oxygen atoms in total. The Bertz CT molecular complexity index is 341. The molecule has 0 aliphatic heterocycles.